The molecule has 0 spiro atoms. The van der Waals surface area contributed by atoms with Gasteiger partial charge in [-0.25, -0.2) is 0 Å². The van der Waals surface area contributed by atoms with Crippen molar-refractivity contribution in [1.82, 2.24) is 20.0 Å². The second kappa shape index (κ2) is 9.56. The second-order valence-electron chi connectivity index (χ2n) is 7.57. The molecule has 1 N–H and O–H groups in total. The van der Waals surface area contributed by atoms with Crippen LogP contribution in [0.5, 0.6) is 11.5 Å². The molecule has 1 aliphatic heterocycles. The first-order valence-corrected chi connectivity index (χ1v) is 10.4. The van der Waals surface area contributed by atoms with E-state index in [9.17, 15) is 14.4 Å². The summed E-state index contributed by atoms with van der Waals surface area (Å²) >= 11 is 0. The summed E-state index contributed by atoms with van der Waals surface area (Å²) in [5.74, 6) is -0.0911. The Morgan fingerprint density at radius 1 is 1.00 bits per heavy atom. The average molecular weight is 448 g/mol. The number of piperazine rings is 1. The Balaban J connectivity index is 1.44. The van der Waals surface area contributed by atoms with E-state index in [1.807, 2.05) is 30.3 Å². The van der Waals surface area contributed by atoms with Gasteiger partial charge in [-0.2, -0.15) is 5.10 Å². The van der Waals surface area contributed by atoms with Crippen LogP contribution in [0.15, 0.2) is 54.6 Å². The third-order valence-corrected chi connectivity index (χ3v) is 5.50. The number of amides is 3. The largest absolute Gasteiger partial charge is 0.497 e. The molecule has 0 unspecified atom stereocenters. The average Bonchev–Trinajstić information content (AvgIpc) is 3.33. The molecule has 0 atom stereocenters. The third kappa shape index (κ3) is 4.72. The number of aromatic nitrogens is 2. The molecule has 1 fully saturated rings. The number of ether oxygens (including phenoxy) is 2. The van der Waals surface area contributed by atoms with Gasteiger partial charge in [0.15, 0.2) is 0 Å². The van der Waals surface area contributed by atoms with Crippen molar-refractivity contribution in [2.75, 3.05) is 33.9 Å². The first kappa shape index (κ1) is 22.1. The van der Waals surface area contributed by atoms with Gasteiger partial charge in [-0.05, 0) is 30.2 Å². The number of hydrogen-bond acceptors (Lipinski definition) is 6. The quantitative estimate of drug-likeness (QED) is 0.556. The number of imide groups is 1. The first-order chi connectivity index (χ1) is 16.0. The first-order valence-electron chi connectivity index (χ1n) is 10.4. The minimum absolute atomic E-state index is 0.167. The fourth-order valence-corrected chi connectivity index (χ4v) is 3.72. The summed E-state index contributed by atoms with van der Waals surface area (Å²) in [6.07, 6.45) is 0.569. The van der Waals surface area contributed by atoms with E-state index in [2.05, 4.69) is 10.2 Å². The SMILES string of the molecule is COc1ccc(-c2cc(C(=O)N3CC(=O)N(CCc4ccccc4)C(=O)C3)[nH]n2)c(OC)c1. The number of nitrogens with one attached hydrogen (secondary N) is 1. The summed E-state index contributed by atoms with van der Waals surface area (Å²) in [7, 11) is 3.09. The van der Waals surface area contributed by atoms with E-state index >= 15 is 0 Å². The molecular formula is C24H24N4O5. The minimum atomic E-state index is -0.467. The highest BCUT2D eigenvalue weighted by Gasteiger charge is 2.34. The molecule has 0 saturated carbocycles. The van der Waals surface area contributed by atoms with Gasteiger partial charge in [0.2, 0.25) is 11.8 Å². The van der Waals surface area contributed by atoms with E-state index in [4.69, 9.17) is 9.47 Å². The Labute approximate surface area is 190 Å². The van der Waals surface area contributed by atoms with E-state index in [0.717, 1.165) is 5.56 Å². The highest BCUT2D eigenvalue weighted by molar-refractivity contribution is 6.05. The van der Waals surface area contributed by atoms with Crippen LogP contribution >= 0.6 is 0 Å². The van der Waals surface area contributed by atoms with Gasteiger partial charge in [0, 0.05) is 18.2 Å². The number of methoxy groups -OCH3 is 2. The summed E-state index contributed by atoms with van der Waals surface area (Å²) in [4.78, 5) is 40.6. The molecule has 1 aromatic heterocycles. The third-order valence-electron chi connectivity index (χ3n) is 5.50. The molecule has 0 bridgehead atoms. The van der Waals surface area contributed by atoms with Crippen molar-refractivity contribution in [2.45, 2.75) is 6.42 Å². The Morgan fingerprint density at radius 3 is 2.39 bits per heavy atom. The molecule has 1 aliphatic rings. The van der Waals surface area contributed by atoms with Crippen LogP contribution in [0.2, 0.25) is 0 Å². The molecule has 2 heterocycles. The van der Waals surface area contributed by atoms with Crippen LogP contribution in [-0.4, -0.2) is 71.6 Å². The number of carbonyl (C=O) groups excluding carboxylic acids is 3. The molecule has 1 saturated heterocycles. The zero-order valence-corrected chi connectivity index (χ0v) is 18.4. The topological polar surface area (TPSA) is 105 Å². The van der Waals surface area contributed by atoms with Gasteiger partial charge >= 0.3 is 0 Å². The van der Waals surface area contributed by atoms with E-state index in [1.54, 1.807) is 31.4 Å². The van der Waals surface area contributed by atoms with Crippen molar-refractivity contribution in [3.63, 3.8) is 0 Å². The Hall–Kier alpha value is -4.14. The van der Waals surface area contributed by atoms with Crippen LogP contribution < -0.4 is 9.47 Å². The van der Waals surface area contributed by atoms with Crippen molar-refractivity contribution in [2.24, 2.45) is 0 Å². The fourth-order valence-electron chi connectivity index (χ4n) is 3.72. The highest BCUT2D eigenvalue weighted by Crippen LogP contribution is 2.32. The summed E-state index contributed by atoms with van der Waals surface area (Å²) in [6.45, 7) is -0.0473. The normalized spacial score (nSPS) is 13.9. The lowest BCUT2D eigenvalue weighted by atomic mass is 10.1. The predicted molar refractivity (Wildman–Crippen MR) is 120 cm³/mol. The molecule has 3 amide bonds. The molecule has 9 nitrogen and oxygen atoms in total. The van der Waals surface area contributed by atoms with Crippen molar-refractivity contribution in [3.05, 3.63) is 65.9 Å². The zero-order chi connectivity index (χ0) is 23.4. The van der Waals surface area contributed by atoms with Crippen LogP contribution in [0.25, 0.3) is 11.3 Å². The van der Waals surface area contributed by atoms with Gasteiger partial charge in [0.1, 0.15) is 30.3 Å². The number of nitrogens with zero attached hydrogens (tertiary/aromatic N) is 3. The van der Waals surface area contributed by atoms with E-state index in [-0.39, 0.29) is 25.3 Å². The molecule has 2 aromatic carbocycles. The van der Waals surface area contributed by atoms with Crippen LogP contribution in [-0.2, 0) is 16.0 Å². The Morgan fingerprint density at radius 2 is 1.73 bits per heavy atom. The number of benzene rings is 2. The maximum Gasteiger partial charge on any atom is 0.272 e. The number of carbonyl (C=O) groups is 3. The maximum atomic E-state index is 13.0. The van der Waals surface area contributed by atoms with Gasteiger partial charge < -0.3 is 14.4 Å². The van der Waals surface area contributed by atoms with Gasteiger partial charge in [-0.1, -0.05) is 30.3 Å². The lowest BCUT2D eigenvalue weighted by Crippen LogP contribution is -2.56. The predicted octanol–water partition coefficient (Wildman–Crippen LogP) is 2.15. The van der Waals surface area contributed by atoms with Crippen LogP contribution in [0.1, 0.15) is 16.1 Å². The molecule has 0 aliphatic carbocycles. The maximum absolute atomic E-state index is 13.0. The number of aromatic amines is 1. The number of hydrogen-bond donors (Lipinski definition) is 1. The van der Waals surface area contributed by atoms with Gasteiger partial charge in [0.25, 0.3) is 5.91 Å². The van der Waals surface area contributed by atoms with E-state index < -0.39 is 17.7 Å². The fraction of sp³-hybridized carbons (Fsp3) is 0.250. The van der Waals surface area contributed by atoms with Crippen molar-refractivity contribution in [1.29, 1.82) is 0 Å². The second-order valence-corrected chi connectivity index (χ2v) is 7.57. The lowest BCUT2D eigenvalue weighted by Gasteiger charge is -2.32. The van der Waals surface area contributed by atoms with E-state index in [0.29, 0.717) is 29.2 Å². The standard InChI is InChI=1S/C24H24N4O5/c1-32-17-8-9-18(21(12-17)33-2)19-13-20(26-25-19)24(31)27-14-22(29)28(23(30)15-27)11-10-16-6-4-3-5-7-16/h3-9,12-13H,10-11,14-15H2,1-2H3,(H,25,26). The molecule has 33 heavy (non-hydrogen) atoms. The van der Waals surface area contributed by atoms with Gasteiger partial charge in [-0.3, -0.25) is 24.4 Å². The van der Waals surface area contributed by atoms with Crippen LogP contribution in [0.3, 0.4) is 0 Å². The molecule has 170 valence electrons. The van der Waals surface area contributed by atoms with Gasteiger partial charge in [0.05, 0.1) is 19.9 Å². The summed E-state index contributed by atoms with van der Waals surface area (Å²) < 4.78 is 10.6. The van der Waals surface area contributed by atoms with Crippen LogP contribution in [0.4, 0.5) is 0 Å². The molecule has 0 radical (unpaired) electrons. The van der Waals surface area contributed by atoms with Crippen molar-refractivity contribution in [3.8, 4) is 22.8 Å². The van der Waals surface area contributed by atoms with Crippen LogP contribution in [0, 0.1) is 0 Å². The zero-order valence-electron chi connectivity index (χ0n) is 18.4. The van der Waals surface area contributed by atoms with Gasteiger partial charge in [-0.15, -0.1) is 0 Å². The minimum Gasteiger partial charge on any atom is -0.497 e. The van der Waals surface area contributed by atoms with E-state index in [1.165, 1.54) is 16.9 Å². The summed E-state index contributed by atoms with van der Waals surface area (Å²) in [5.41, 5.74) is 2.39. The summed E-state index contributed by atoms with van der Waals surface area (Å²) in [5, 5.41) is 6.91. The lowest BCUT2D eigenvalue weighted by molar-refractivity contribution is -0.150. The number of rotatable bonds is 7. The van der Waals surface area contributed by atoms with Crippen molar-refractivity contribution >= 4 is 17.7 Å². The molecule has 9 heteroatoms. The monoisotopic (exact) mass is 448 g/mol. The number of H-pyrrole nitrogens is 1. The molecule has 3 aromatic rings. The highest BCUT2D eigenvalue weighted by atomic mass is 16.5. The smallest absolute Gasteiger partial charge is 0.272 e. The Bertz CT molecular complexity index is 1160. The van der Waals surface area contributed by atoms with Crippen molar-refractivity contribution < 1.29 is 23.9 Å². The molecule has 4 rings (SSSR count). The summed E-state index contributed by atoms with van der Waals surface area (Å²) in [6, 6.07) is 16.5. The molecular weight excluding hydrogens is 424 g/mol. The Kier molecular flexibility index (Phi) is 6.39.